The number of hydrogen-bond acceptors (Lipinski definition) is 3. The van der Waals surface area contributed by atoms with Gasteiger partial charge in [0.25, 0.3) is 0 Å². The summed E-state index contributed by atoms with van der Waals surface area (Å²) in [7, 11) is 0. The van der Waals surface area contributed by atoms with Gasteiger partial charge in [0.2, 0.25) is 0 Å². The summed E-state index contributed by atoms with van der Waals surface area (Å²) in [4.78, 5) is 22.8. The molecule has 0 spiro atoms. The van der Waals surface area contributed by atoms with Crippen molar-refractivity contribution in [2.75, 3.05) is 0 Å². The van der Waals surface area contributed by atoms with E-state index in [-0.39, 0.29) is 18.6 Å². The second-order valence-corrected chi connectivity index (χ2v) is 5.98. The van der Waals surface area contributed by atoms with Crippen molar-refractivity contribution in [3.05, 3.63) is 35.9 Å². The molecular formula is C16H19NO4. The van der Waals surface area contributed by atoms with Crippen molar-refractivity contribution in [2.24, 2.45) is 17.8 Å². The van der Waals surface area contributed by atoms with Crippen molar-refractivity contribution in [2.45, 2.75) is 31.9 Å². The van der Waals surface area contributed by atoms with Gasteiger partial charge in [0.05, 0.1) is 5.92 Å². The molecule has 112 valence electrons. The van der Waals surface area contributed by atoms with Crippen molar-refractivity contribution in [1.82, 2.24) is 5.32 Å². The highest BCUT2D eigenvalue weighted by Crippen LogP contribution is 2.49. The highest BCUT2D eigenvalue weighted by molar-refractivity contribution is 5.71. The Bertz CT molecular complexity index is 530. The minimum absolute atomic E-state index is 0.0719. The highest BCUT2D eigenvalue weighted by Gasteiger charge is 2.50. The van der Waals surface area contributed by atoms with Crippen LogP contribution in [0.2, 0.25) is 0 Å². The summed E-state index contributed by atoms with van der Waals surface area (Å²) in [5.41, 5.74) is 0.950. The second kappa shape index (κ2) is 5.76. The van der Waals surface area contributed by atoms with Gasteiger partial charge in [0.15, 0.2) is 0 Å². The lowest BCUT2D eigenvalue weighted by Crippen LogP contribution is -2.50. The second-order valence-electron chi connectivity index (χ2n) is 5.98. The first kappa shape index (κ1) is 13.9. The summed E-state index contributed by atoms with van der Waals surface area (Å²) in [6, 6.07) is 9.59. The van der Waals surface area contributed by atoms with E-state index in [1.54, 1.807) is 0 Å². The monoisotopic (exact) mass is 289 g/mol. The molecule has 2 aliphatic rings. The largest absolute Gasteiger partial charge is 0.481 e. The van der Waals surface area contributed by atoms with Crippen LogP contribution in [0.25, 0.3) is 0 Å². The maximum atomic E-state index is 11.8. The SMILES string of the molecule is O=C(N[C@@H]1C[C@H]2CC(C(=O)O)C[C@H]21)OCc1ccccc1. The summed E-state index contributed by atoms with van der Waals surface area (Å²) in [5.74, 6) is -0.206. The number of hydrogen-bond donors (Lipinski definition) is 2. The fraction of sp³-hybridized carbons (Fsp3) is 0.500. The molecule has 2 N–H and O–H groups in total. The summed E-state index contributed by atoms with van der Waals surface area (Å²) < 4.78 is 5.19. The normalized spacial score (nSPS) is 30.1. The van der Waals surface area contributed by atoms with Crippen LogP contribution in [-0.4, -0.2) is 23.2 Å². The molecule has 0 heterocycles. The number of carbonyl (C=O) groups excluding carboxylic acids is 1. The highest BCUT2D eigenvalue weighted by atomic mass is 16.5. The third-order valence-corrected chi connectivity index (χ3v) is 4.69. The van der Waals surface area contributed by atoms with Crippen LogP contribution >= 0.6 is 0 Å². The molecule has 1 amide bonds. The van der Waals surface area contributed by atoms with E-state index in [1.807, 2.05) is 30.3 Å². The van der Waals surface area contributed by atoms with Gasteiger partial charge >= 0.3 is 12.1 Å². The first-order valence-corrected chi connectivity index (χ1v) is 7.33. The van der Waals surface area contributed by atoms with Gasteiger partial charge in [-0.2, -0.15) is 0 Å². The number of ether oxygens (including phenoxy) is 1. The lowest BCUT2D eigenvalue weighted by atomic mass is 9.71. The quantitative estimate of drug-likeness (QED) is 0.892. The van der Waals surface area contributed by atoms with Crippen molar-refractivity contribution < 1.29 is 19.4 Å². The average Bonchev–Trinajstić information content (AvgIpc) is 2.81. The zero-order chi connectivity index (χ0) is 14.8. The molecule has 1 aromatic rings. The van der Waals surface area contributed by atoms with Gasteiger partial charge in [-0.15, -0.1) is 0 Å². The number of fused-ring (bicyclic) bond motifs is 1. The molecule has 0 bridgehead atoms. The lowest BCUT2D eigenvalue weighted by Gasteiger charge is -2.40. The Morgan fingerprint density at radius 3 is 2.67 bits per heavy atom. The van der Waals surface area contributed by atoms with Crippen molar-refractivity contribution in [3.63, 3.8) is 0 Å². The third-order valence-electron chi connectivity index (χ3n) is 4.69. The van der Waals surface area contributed by atoms with Gasteiger partial charge in [-0.25, -0.2) is 4.79 Å². The van der Waals surface area contributed by atoms with E-state index in [0.29, 0.717) is 18.3 Å². The van der Waals surface area contributed by atoms with E-state index in [2.05, 4.69) is 5.32 Å². The van der Waals surface area contributed by atoms with Gasteiger partial charge in [0.1, 0.15) is 6.61 Å². The molecule has 5 nitrogen and oxygen atoms in total. The number of nitrogens with one attached hydrogen (secondary N) is 1. The molecule has 2 saturated carbocycles. The molecular weight excluding hydrogens is 270 g/mol. The Kier molecular flexibility index (Phi) is 3.82. The number of carbonyl (C=O) groups is 2. The first-order valence-electron chi connectivity index (χ1n) is 7.33. The van der Waals surface area contributed by atoms with Crippen molar-refractivity contribution >= 4 is 12.1 Å². The third kappa shape index (κ3) is 3.01. The summed E-state index contributed by atoms with van der Waals surface area (Å²) in [6.45, 7) is 0.255. The first-order chi connectivity index (χ1) is 10.1. The molecule has 1 unspecified atom stereocenters. The number of rotatable bonds is 4. The number of benzene rings is 1. The Morgan fingerprint density at radius 1 is 1.19 bits per heavy atom. The molecule has 0 aliphatic heterocycles. The molecule has 0 saturated heterocycles. The van der Waals surface area contributed by atoms with Gasteiger partial charge < -0.3 is 15.2 Å². The zero-order valence-electron chi connectivity index (χ0n) is 11.7. The van der Waals surface area contributed by atoms with Gasteiger partial charge in [-0.05, 0) is 36.7 Å². The fourth-order valence-corrected chi connectivity index (χ4v) is 3.51. The predicted molar refractivity (Wildman–Crippen MR) is 75.5 cm³/mol. The van der Waals surface area contributed by atoms with Gasteiger partial charge in [0, 0.05) is 6.04 Å². The van der Waals surface area contributed by atoms with Crippen LogP contribution in [-0.2, 0) is 16.1 Å². The van der Waals surface area contributed by atoms with Crippen LogP contribution in [0.4, 0.5) is 4.79 Å². The van der Waals surface area contributed by atoms with Crippen LogP contribution in [0, 0.1) is 17.8 Å². The van der Waals surface area contributed by atoms with Crippen LogP contribution in [0.5, 0.6) is 0 Å². The number of carboxylic acid groups (broad SMARTS) is 1. The molecule has 2 aliphatic carbocycles. The molecule has 21 heavy (non-hydrogen) atoms. The van der Waals surface area contributed by atoms with Crippen LogP contribution < -0.4 is 5.32 Å². The Morgan fingerprint density at radius 2 is 1.95 bits per heavy atom. The van der Waals surface area contributed by atoms with E-state index < -0.39 is 12.1 Å². The van der Waals surface area contributed by atoms with E-state index in [0.717, 1.165) is 18.4 Å². The van der Waals surface area contributed by atoms with E-state index in [1.165, 1.54) is 0 Å². The van der Waals surface area contributed by atoms with Gasteiger partial charge in [-0.3, -0.25) is 4.79 Å². The molecule has 3 rings (SSSR count). The maximum absolute atomic E-state index is 11.8. The fourth-order valence-electron chi connectivity index (χ4n) is 3.51. The Balaban J connectivity index is 1.43. The summed E-state index contributed by atoms with van der Waals surface area (Å²) in [5, 5.41) is 11.9. The van der Waals surface area contributed by atoms with Crippen LogP contribution in [0.1, 0.15) is 24.8 Å². The van der Waals surface area contributed by atoms with E-state index >= 15 is 0 Å². The lowest BCUT2D eigenvalue weighted by molar-refractivity contribution is -0.141. The zero-order valence-corrected chi connectivity index (χ0v) is 11.7. The average molecular weight is 289 g/mol. The summed E-state index contributed by atoms with van der Waals surface area (Å²) in [6.07, 6.45) is 1.87. The molecule has 2 fully saturated rings. The molecule has 5 heteroatoms. The minimum atomic E-state index is -0.713. The van der Waals surface area contributed by atoms with Crippen LogP contribution in [0.15, 0.2) is 30.3 Å². The Labute approximate surface area is 123 Å². The number of amides is 1. The minimum Gasteiger partial charge on any atom is -0.481 e. The molecule has 1 aromatic carbocycles. The van der Waals surface area contributed by atoms with Crippen molar-refractivity contribution in [3.8, 4) is 0 Å². The Hall–Kier alpha value is -2.04. The van der Waals surface area contributed by atoms with Crippen molar-refractivity contribution in [1.29, 1.82) is 0 Å². The molecule has 4 atom stereocenters. The maximum Gasteiger partial charge on any atom is 0.407 e. The summed E-state index contributed by atoms with van der Waals surface area (Å²) >= 11 is 0. The van der Waals surface area contributed by atoms with Gasteiger partial charge in [-0.1, -0.05) is 30.3 Å². The molecule has 0 aromatic heterocycles. The topological polar surface area (TPSA) is 75.6 Å². The van der Waals surface area contributed by atoms with E-state index in [4.69, 9.17) is 9.84 Å². The number of alkyl carbamates (subject to hydrolysis) is 1. The number of aliphatic carboxylic acids is 1. The molecule has 0 radical (unpaired) electrons. The number of carboxylic acids is 1. The predicted octanol–water partition coefficient (Wildman–Crippen LogP) is 2.41. The smallest absolute Gasteiger partial charge is 0.407 e. The van der Waals surface area contributed by atoms with Crippen LogP contribution in [0.3, 0.4) is 0 Å². The van der Waals surface area contributed by atoms with E-state index in [9.17, 15) is 9.59 Å². The standard InChI is InChI=1S/C16H19NO4/c18-15(19)12-6-11-8-14(13(11)7-12)17-16(20)21-9-10-4-2-1-3-5-10/h1-5,11-14H,6-9H2,(H,17,20)(H,18,19)/t11-,12?,13-,14-/m1/s1.